The molecule has 3 rings (SSSR count). The van der Waals surface area contributed by atoms with Crippen molar-refractivity contribution >= 4 is 5.91 Å². The van der Waals surface area contributed by atoms with E-state index in [1.807, 2.05) is 0 Å². The van der Waals surface area contributed by atoms with E-state index >= 15 is 0 Å². The lowest BCUT2D eigenvalue weighted by Crippen LogP contribution is -2.51. The number of carbonyl (C=O) groups excluding carboxylic acids is 1. The maximum absolute atomic E-state index is 11.2. The lowest BCUT2D eigenvalue weighted by atomic mass is 9.84. The summed E-state index contributed by atoms with van der Waals surface area (Å²) in [6.07, 6.45) is 7.16. The Morgan fingerprint density at radius 2 is 1.90 bits per heavy atom. The molecule has 1 saturated carbocycles. The fourth-order valence-electron chi connectivity index (χ4n) is 3.91. The Kier molecular flexibility index (Phi) is 4.29. The average molecular weight is 282 g/mol. The van der Waals surface area contributed by atoms with Gasteiger partial charge in [0.1, 0.15) is 0 Å². The van der Waals surface area contributed by atoms with Crippen molar-refractivity contribution in [3.05, 3.63) is 0 Å². The highest BCUT2D eigenvalue weighted by Crippen LogP contribution is 2.34. The van der Waals surface area contributed by atoms with Crippen molar-refractivity contribution in [1.82, 2.24) is 5.32 Å². The standard InChI is InChI=1S/C15H26N2O3/c16-14(18)11-1-3-12(4-2-11)17-13-5-7-20-15(9-13)6-8-19-10-15/h11-13,17H,1-10H2,(H2,16,18). The van der Waals surface area contributed by atoms with Crippen molar-refractivity contribution in [2.75, 3.05) is 19.8 Å². The van der Waals surface area contributed by atoms with Crippen molar-refractivity contribution in [2.45, 2.75) is 62.6 Å². The van der Waals surface area contributed by atoms with Gasteiger partial charge in [0.2, 0.25) is 5.91 Å². The summed E-state index contributed by atoms with van der Waals surface area (Å²) in [6, 6.07) is 1.06. The Morgan fingerprint density at radius 1 is 1.10 bits per heavy atom. The van der Waals surface area contributed by atoms with Crippen LogP contribution in [0.15, 0.2) is 0 Å². The van der Waals surface area contributed by atoms with Crippen LogP contribution in [-0.4, -0.2) is 43.4 Å². The highest BCUT2D eigenvalue weighted by Gasteiger charge is 2.41. The third-order valence-electron chi connectivity index (χ3n) is 5.16. The molecule has 2 aliphatic heterocycles. The van der Waals surface area contributed by atoms with Crippen LogP contribution in [0.5, 0.6) is 0 Å². The molecular formula is C15H26N2O3. The van der Waals surface area contributed by atoms with Crippen LogP contribution in [-0.2, 0) is 14.3 Å². The molecule has 2 saturated heterocycles. The third kappa shape index (κ3) is 3.15. The normalized spacial score (nSPS) is 41.9. The van der Waals surface area contributed by atoms with E-state index in [1.54, 1.807) is 0 Å². The fraction of sp³-hybridized carbons (Fsp3) is 0.933. The molecular weight excluding hydrogens is 256 g/mol. The maximum Gasteiger partial charge on any atom is 0.220 e. The van der Waals surface area contributed by atoms with Gasteiger partial charge in [-0.1, -0.05) is 0 Å². The molecule has 2 heterocycles. The number of primary amides is 1. The van der Waals surface area contributed by atoms with Gasteiger partial charge in [0, 0.05) is 37.6 Å². The number of amides is 1. The SMILES string of the molecule is NC(=O)C1CCC(NC2CCOC3(CCOC3)C2)CC1. The predicted molar refractivity (Wildman–Crippen MR) is 75.2 cm³/mol. The van der Waals surface area contributed by atoms with E-state index in [2.05, 4.69) is 5.32 Å². The van der Waals surface area contributed by atoms with Crippen LogP contribution in [0.4, 0.5) is 0 Å². The average Bonchev–Trinajstić information content (AvgIpc) is 2.87. The first-order valence-electron chi connectivity index (χ1n) is 7.94. The first-order chi connectivity index (χ1) is 9.67. The van der Waals surface area contributed by atoms with Crippen LogP contribution >= 0.6 is 0 Å². The number of hydrogen-bond acceptors (Lipinski definition) is 4. The van der Waals surface area contributed by atoms with Crippen LogP contribution in [0.2, 0.25) is 0 Å². The van der Waals surface area contributed by atoms with E-state index in [0.717, 1.165) is 64.8 Å². The van der Waals surface area contributed by atoms with Crippen molar-refractivity contribution in [3.8, 4) is 0 Å². The van der Waals surface area contributed by atoms with Gasteiger partial charge in [0.15, 0.2) is 0 Å². The number of nitrogens with one attached hydrogen (secondary N) is 1. The smallest absolute Gasteiger partial charge is 0.220 e. The topological polar surface area (TPSA) is 73.6 Å². The summed E-state index contributed by atoms with van der Waals surface area (Å²) in [4.78, 5) is 11.2. The van der Waals surface area contributed by atoms with Gasteiger partial charge in [-0.05, 0) is 38.5 Å². The largest absolute Gasteiger partial charge is 0.378 e. The number of carbonyl (C=O) groups is 1. The Morgan fingerprint density at radius 3 is 2.55 bits per heavy atom. The summed E-state index contributed by atoms with van der Waals surface area (Å²) in [7, 11) is 0. The first-order valence-corrected chi connectivity index (χ1v) is 7.94. The second-order valence-electron chi connectivity index (χ2n) is 6.64. The minimum atomic E-state index is -0.128. The second-order valence-corrected chi connectivity index (χ2v) is 6.64. The highest BCUT2D eigenvalue weighted by atomic mass is 16.6. The van der Waals surface area contributed by atoms with Crippen LogP contribution in [0.25, 0.3) is 0 Å². The summed E-state index contributed by atoms with van der Waals surface area (Å²) < 4.78 is 11.5. The number of nitrogens with two attached hydrogens (primary N) is 1. The molecule has 1 amide bonds. The summed E-state index contributed by atoms with van der Waals surface area (Å²) in [5.41, 5.74) is 5.36. The highest BCUT2D eigenvalue weighted by molar-refractivity contribution is 5.76. The molecule has 0 aromatic heterocycles. The molecule has 0 bridgehead atoms. The molecule has 0 aromatic rings. The van der Waals surface area contributed by atoms with Crippen molar-refractivity contribution in [2.24, 2.45) is 11.7 Å². The molecule has 3 N–H and O–H groups in total. The lowest BCUT2D eigenvalue weighted by Gasteiger charge is -2.40. The van der Waals surface area contributed by atoms with E-state index in [-0.39, 0.29) is 17.4 Å². The fourth-order valence-corrected chi connectivity index (χ4v) is 3.91. The second kappa shape index (κ2) is 6.00. The molecule has 1 spiro atoms. The molecule has 3 aliphatic rings. The maximum atomic E-state index is 11.2. The molecule has 2 atom stereocenters. The summed E-state index contributed by atoms with van der Waals surface area (Å²) in [5.74, 6) is -0.0334. The van der Waals surface area contributed by atoms with Gasteiger partial charge in [-0.25, -0.2) is 0 Å². The number of ether oxygens (including phenoxy) is 2. The molecule has 20 heavy (non-hydrogen) atoms. The van der Waals surface area contributed by atoms with Crippen LogP contribution in [0.1, 0.15) is 44.9 Å². The lowest BCUT2D eigenvalue weighted by molar-refractivity contribution is -0.122. The first kappa shape index (κ1) is 14.3. The van der Waals surface area contributed by atoms with Gasteiger partial charge in [-0.2, -0.15) is 0 Å². The molecule has 0 aromatic carbocycles. The molecule has 0 radical (unpaired) electrons. The quantitative estimate of drug-likeness (QED) is 0.808. The minimum absolute atomic E-state index is 0.0274. The van der Waals surface area contributed by atoms with Crippen LogP contribution < -0.4 is 11.1 Å². The van der Waals surface area contributed by atoms with Crippen molar-refractivity contribution < 1.29 is 14.3 Å². The molecule has 5 nitrogen and oxygen atoms in total. The molecule has 114 valence electrons. The van der Waals surface area contributed by atoms with Crippen LogP contribution in [0.3, 0.4) is 0 Å². The van der Waals surface area contributed by atoms with E-state index in [1.165, 1.54) is 0 Å². The molecule has 3 fully saturated rings. The summed E-state index contributed by atoms with van der Waals surface area (Å²) in [5, 5.41) is 3.78. The molecule has 1 aliphatic carbocycles. The van der Waals surface area contributed by atoms with Gasteiger partial charge in [0.05, 0.1) is 12.2 Å². The van der Waals surface area contributed by atoms with E-state index in [0.29, 0.717) is 12.1 Å². The van der Waals surface area contributed by atoms with Crippen molar-refractivity contribution in [3.63, 3.8) is 0 Å². The Balaban J connectivity index is 1.47. The van der Waals surface area contributed by atoms with Gasteiger partial charge in [-0.15, -0.1) is 0 Å². The monoisotopic (exact) mass is 282 g/mol. The molecule has 5 heteroatoms. The zero-order chi connectivity index (χ0) is 14.0. The Labute approximate surface area is 120 Å². The number of rotatable bonds is 3. The zero-order valence-corrected chi connectivity index (χ0v) is 12.1. The van der Waals surface area contributed by atoms with Gasteiger partial charge in [-0.3, -0.25) is 4.79 Å². The Bertz CT molecular complexity index is 347. The van der Waals surface area contributed by atoms with Gasteiger partial charge in [0.25, 0.3) is 0 Å². The third-order valence-corrected chi connectivity index (χ3v) is 5.16. The minimum Gasteiger partial charge on any atom is -0.378 e. The van der Waals surface area contributed by atoms with E-state index in [4.69, 9.17) is 15.2 Å². The Hall–Kier alpha value is -0.650. The molecule has 2 unspecified atom stereocenters. The van der Waals surface area contributed by atoms with Gasteiger partial charge >= 0.3 is 0 Å². The zero-order valence-electron chi connectivity index (χ0n) is 12.1. The van der Waals surface area contributed by atoms with E-state index in [9.17, 15) is 4.79 Å². The summed E-state index contributed by atoms with van der Waals surface area (Å²) in [6.45, 7) is 2.41. The predicted octanol–water partition coefficient (Wildman–Crippen LogP) is 0.958. The van der Waals surface area contributed by atoms with Crippen molar-refractivity contribution in [1.29, 1.82) is 0 Å². The van der Waals surface area contributed by atoms with Gasteiger partial charge < -0.3 is 20.5 Å². The van der Waals surface area contributed by atoms with Crippen LogP contribution in [0, 0.1) is 5.92 Å². The number of hydrogen-bond donors (Lipinski definition) is 2. The van der Waals surface area contributed by atoms with E-state index < -0.39 is 0 Å². The summed E-state index contributed by atoms with van der Waals surface area (Å²) >= 11 is 0.